The highest BCUT2D eigenvalue weighted by molar-refractivity contribution is 8.00. The van der Waals surface area contributed by atoms with Crippen molar-refractivity contribution in [1.82, 2.24) is 14.9 Å². The molecule has 0 aliphatic carbocycles. The first-order valence-electron chi connectivity index (χ1n) is 10.8. The van der Waals surface area contributed by atoms with E-state index in [2.05, 4.69) is 5.32 Å². The van der Waals surface area contributed by atoms with E-state index < -0.39 is 11.1 Å². The summed E-state index contributed by atoms with van der Waals surface area (Å²) in [6.07, 6.45) is 0.546. The van der Waals surface area contributed by atoms with Crippen molar-refractivity contribution in [2.45, 2.75) is 36.7 Å². The van der Waals surface area contributed by atoms with E-state index in [4.69, 9.17) is 4.98 Å². The van der Waals surface area contributed by atoms with Gasteiger partial charge in [-0.05, 0) is 55.3 Å². The molecule has 168 valence electrons. The number of carbonyl (C=O) groups is 1. The molecule has 5 nitrogen and oxygen atoms in total. The Balaban J connectivity index is 1.70. The van der Waals surface area contributed by atoms with Crippen LogP contribution >= 0.6 is 11.8 Å². The standard InChI is InChI=1S/C26H24FN3O2S/c1-3-23(24(31)28-17(2)18-9-5-4-6-10-18)33-26-29-22-12-8-7-11-21(22)25(32)30(26)20-15-13-19(27)14-16-20/h4-17,23H,3H2,1-2H3,(H,28,31). The molecule has 33 heavy (non-hydrogen) atoms. The second-order valence-corrected chi connectivity index (χ2v) is 8.85. The number of amides is 1. The number of para-hydroxylation sites is 1. The molecule has 1 aromatic heterocycles. The Morgan fingerprint density at radius 2 is 1.70 bits per heavy atom. The zero-order chi connectivity index (χ0) is 23.4. The molecule has 3 aromatic carbocycles. The van der Waals surface area contributed by atoms with Crippen molar-refractivity contribution in [3.63, 3.8) is 0 Å². The maximum atomic E-state index is 13.5. The van der Waals surface area contributed by atoms with Crippen molar-refractivity contribution >= 4 is 28.6 Å². The van der Waals surface area contributed by atoms with Gasteiger partial charge in [0.25, 0.3) is 5.56 Å². The molecule has 0 radical (unpaired) electrons. The third-order valence-electron chi connectivity index (χ3n) is 5.40. The SMILES string of the molecule is CCC(Sc1nc2ccccc2c(=O)n1-c1ccc(F)cc1)C(=O)NC(C)c1ccccc1. The zero-order valence-electron chi connectivity index (χ0n) is 18.4. The van der Waals surface area contributed by atoms with Crippen LogP contribution in [-0.4, -0.2) is 20.7 Å². The van der Waals surface area contributed by atoms with Gasteiger partial charge in [0.15, 0.2) is 5.16 Å². The first-order chi connectivity index (χ1) is 16.0. The predicted octanol–water partition coefficient (Wildman–Crippen LogP) is 5.27. The predicted molar refractivity (Wildman–Crippen MR) is 130 cm³/mol. The molecule has 0 spiro atoms. The van der Waals surface area contributed by atoms with Crippen LogP contribution in [0.1, 0.15) is 31.9 Å². The molecule has 1 N–H and O–H groups in total. The number of carbonyl (C=O) groups excluding carboxylic acids is 1. The number of rotatable bonds is 7. The fraction of sp³-hybridized carbons (Fsp3) is 0.192. The molecule has 2 atom stereocenters. The third kappa shape index (κ3) is 4.98. The number of halogens is 1. The summed E-state index contributed by atoms with van der Waals surface area (Å²) in [6.45, 7) is 3.86. The lowest BCUT2D eigenvalue weighted by atomic mass is 10.1. The number of nitrogens with zero attached hydrogens (tertiary/aromatic N) is 2. The van der Waals surface area contributed by atoms with Crippen LogP contribution in [-0.2, 0) is 4.79 Å². The molecular formula is C26H24FN3O2S. The fourth-order valence-corrected chi connectivity index (χ4v) is 4.63. The van der Waals surface area contributed by atoms with Gasteiger partial charge in [0.05, 0.1) is 27.9 Å². The number of hydrogen-bond donors (Lipinski definition) is 1. The molecule has 1 heterocycles. The van der Waals surface area contributed by atoms with E-state index in [0.29, 0.717) is 28.2 Å². The normalized spacial score (nSPS) is 12.9. The summed E-state index contributed by atoms with van der Waals surface area (Å²) in [7, 11) is 0. The highest BCUT2D eigenvalue weighted by Gasteiger charge is 2.24. The van der Waals surface area contributed by atoms with Gasteiger partial charge in [-0.2, -0.15) is 0 Å². The highest BCUT2D eigenvalue weighted by atomic mass is 32.2. The highest BCUT2D eigenvalue weighted by Crippen LogP contribution is 2.27. The molecular weight excluding hydrogens is 437 g/mol. The van der Waals surface area contributed by atoms with Crippen molar-refractivity contribution in [2.75, 3.05) is 0 Å². The van der Waals surface area contributed by atoms with Crippen molar-refractivity contribution < 1.29 is 9.18 Å². The summed E-state index contributed by atoms with van der Waals surface area (Å²) in [5, 5.41) is 3.45. The summed E-state index contributed by atoms with van der Waals surface area (Å²) >= 11 is 1.23. The maximum Gasteiger partial charge on any atom is 0.266 e. The smallest absolute Gasteiger partial charge is 0.266 e. The van der Waals surface area contributed by atoms with Gasteiger partial charge in [0, 0.05) is 0 Å². The molecule has 0 saturated carbocycles. The fourth-order valence-electron chi connectivity index (χ4n) is 3.59. The summed E-state index contributed by atoms with van der Waals surface area (Å²) in [5.74, 6) is -0.526. The number of fused-ring (bicyclic) bond motifs is 1. The quantitative estimate of drug-likeness (QED) is 0.301. The van der Waals surface area contributed by atoms with Gasteiger partial charge < -0.3 is 5.32 Å². The molecule has 0 saturated heterocycles. The second kappa shape index (κ2) is 10.0. The van der Waals surface area contributed by atoms with Gasteiger partial charge in [-0.3, -0.25) is 14.2 Å². The lowest BCUT2D eigenvalue weighted by Crippen LogP contribution is -2.35. The summed E-state index contributed by atoms with van der Waals surface area (Å²) in [4.78, 5) is 31.2. The Kier molecular flexibility index (Phi) is 6.89. The Bertz CT molecular complexity index is 1320. The van der Waals surface area contributed by atoms with E-state index in [1.807, 2.05) is 50.2 Å². The first-order valence-corrected chi connectivity index (χ1v) is 11.7. The van der Waals surface area contributed by atoms with E-state index >= 15 is 0 Å². The average Bonchev–Trinajstić information content (AvgIpc) is 2.84. The largest absolute Gasteiger partial charge is 0.349 e. The van der Waals surface area contributed by atoms with Gasteiger partial charge in [-0.25, -0.2) is 9.37 Å². The maximum absolute atomic E-state index is 13.5. The minimum Gasteiger partial charge on any atom is -0.349 e. The lowest BCUT2D eigenvalue weighted by Gasteiger charge is -2.21. The molecule has 0 aliphatic heterocycles. The van der Waals surface area contributed by atoms with E-state index in [1.165, 1.54) is 40.6 Å². The summed E-state index contributed by atoms with van der Waals surface area (Å²) < 4.78 is 15.0. The Labute approximate surface area is 195 Å². The van der Waals surface area contributed by atoms with Crippen LogP contribution < -0.4 is 10.9 Å². The van der Waals surface area contributed by atoms with Gasteiger partial charge in [0.1, 0.15) is 5.82 Å². The first kappa shape index (κ1) is 22.7. The molecule has 0 bridgehead atoms. The molecule has 2 unspecified atom stereocenters. The molecule has 7 heteroatoms. The summed E-state index contributed by atoms with van der Waals surface area (Å²) in [5.41, 5.74) is 1.80. The van der Waals surface area contributed by atoms with Crippen LogP contribution in [0.4, 0.5) is 4.39 Å². The van der Waals surface area contributed by atoms with Crippen LogP contribution in [0.15, 0.2) is 88.8 Å². The van der Waals surface area contributed by atoms with Crippen LogP contribution in [0.2, 0.25) is 0 Å². The lowest BCUT2D eigenvalue weighted by molar-refractivity contribution is -0.121. The Hall–Kier alpha value is -3.45. The minimum atomic E-state index is -0.462. The van der Waals surface area contributed by atoms with E-state index in [0.717, 1.165) is 5.56 Å². The van der Waals surface area contributed by atoms with Gasteiger partial charge in [-0.15, -0.1) is 0 Å². The molecule has 0 fully saturated rings. The van der Waals surface area contributed by atoms with Gasteiger partial charge in [0.2, 0.25) is 5.91 Å². The average molecular weight is 462 g/mol. The number of thioether (sulfide) groups is 1. The van der Waals surface area contributed by atoms with Crippen molar-refractivity contribution in [3.05, 3.63) is 101 Å². The number of benzene rings is 3. The third-order valence-corrected chi connectivity index (χ3v) is 6.72. The second-order valence-electron chi connectivity index (χ2n) is 7.68. The topological polar surface area (TPSA) is 64.0 Å². The van der Waals surface area contributed by atoms with Gasteiger partial charge in [-0.1, -0.05) is 61.2 Å². The van der Waals surface area contributed by atoms with Crippen LogP contribution in [0, 0.1) is 5.82 Å². The molecule has 4 aromatic rings. The van der Waals surface area contributed by atoms with Crippen molar-refractivity contribution in [1.29, 1.82) is 0 Å². The van der Waals surface area contributed by atoms with E-state index in [-0.39, 0.29) is 17.5 Å². The zero-order valence-corrected chi connectivity index (χ0v) is 19.2. The number of nitrogens with one attached hydrogen (secondary N) is 1. The number of aromatic nitrogens is 2. The Morgan fingerprint density at radius 1 is 1.03 bits per heavy atom. The molecule has 1 amide bonds. The molecule has 0 aliphatic rings. The van der Waals surface area contributed by atoms with E-state index in [1.54, 1.807) is 18.2 Å². The Morgan fingerprint density at radius 3 is 2.39 bits per heavy atom. The van der Waals surface area contributed by atoms with Crippen molar-refractivity contribution in [3.8, 4) is 5.69 Å². The van der Waals surface area contributed by atoms with Crippen molar-refractivity contribution in [2.24, 2.45) is 0 Å². The van der Waals surface area contributed by atoms with Crippen LogP contribution in [0.25, 0.3) is 16.6 Å². The van der Waals surface area contributed by atoms with Gasteiger partial charge >= 0.3 is 0 Å². The number of hydrogen-bond acceptors (Lipinski definition) is 4. The monoisotopic (exact) mass is 461 g/mol. The minimum absolute atomic E-state index is 0.132. The molecule has 4 rings (SSSR count). The van der Waals surface area contributed by atoms with Crippen LogP contribution in [0.3, 0.4) is 0 Å². The summed E-state index contributed by atoms with van der Waals surface area (Å²) in [6, 6.07) is 22.3. The van der Waals surface area contributed by atoms with E-state index in [9.17, 15) is 14.0 Å². The van der Waals surface area contributed by atoms with Crippen LogP contribution in [0.5, 0.6) is 0 Å².